The second-order valence-electron chi connectivity index (χ2n) is 6.88. The van der Waals surface area contributed by atoms with E-state index in [2.05, 4.69) is 33.4 Å². The van der Waals surface area contributed by atoms with Gasteiger partial charge in [0.2, 0.25) is 0 Å². The largest absolute Gasteiger partial charge is 0.458 e. The summed E-state index contributed by atoms with van der Waals surface area (Å²) >= 11 is 0. The molecular weight excluding hydrogens is 236 g/mol. The van der Waals surface area contributed by atoms with Crippen LogP contribution in [0.5, 0.6) is 0 Å². The molecule has 0 spiro atoms. The second kappa shape index (κ2) is 5.15. The lowest BCUT2D eigenvalue weighted by atomic mass is 9.52. The normalized spacial score (nSPS) is 34.0. The fourth-order valence-corrected chi connectivity index (χ4v) is 3.76. The molecule has 0 amide bonds. The van der Waals surface area contributed by atoms with Crippen LogP contribution in [0.1, 0.15) is 53.4 Å². The highest BCUT2D eigenvalue weighted by molar-refractivity contribution is 5.66. The molecule has 2 aliphatic rings. The van der Waals surface area contributed by atoms with Crippen molar-refractivity contribution in [3.8, 4) is 0 Å². The number of esters is 1. The molecule has 2 heteroatoms. The van der Waals surface area contributed by atoms with Gasteiger partial charge in [0.1, 0.15) is 6.10 Å². The monoisotopic (exact) mass is 262 g/mol. The number of hydrogen-bond acceptors (Lipinski definition) is 2. The summed E-state index contributed by atoms with van der Waals surface area (Å²) in [4.78, 5) is 11.2. The lowest BCUT2D eigenvalue weighted by Gasteiger charge is -2.52. The molecule has 2 nitrogen and oxygen atoms in total. The molecule has 2 aliphatic carbocycles. The van der Waals surface area contributed by atoms with Gasteiger partial charge in [0.15, 0.2) is 0 Å². The predicted molar refractivity (Wildman–Crippen MR) is 77.7 cm³/mol. The third kappa shape index (κ3) is 2.93. The van der Waals surface area contributed by atoms with Crippen LogP contribution >= 0.6 is 0 Å². The van der Waals surface area contributed by atoms with Gasteiger partial charge in [-0.3, -0.25) is 4.79 Å². The molecule has 0 aromatic carbocycles. The Morgan fingerprint density at radius 3 is 2.74 bits per heavy atom. The topological polar surface area (TPSA) is 26.3 Å². The quantitative estimate of drug-likeness (QED) is 0.521. The van der Waals surface area contributed by atoms with Gasteiger partial charge in [0.25, 0.3) is 0 Å². The summed E-state index contributed by atoms with van der Waals surface area (Å²) in [5.74, 6) is 1.26. The van der Waals surface area contributed by atoms with Crippen molar-refractivity contribution in [1.29, 1.82) is 0 Å². The van der Waals surface area contributed by atoms with Crippen LogP contribution in [0.2, 0.25) is 0 Å². The Kier molecular flexibility index (Phi) is 3.89. The number of ether oxygens (including phenoxy) is 1. The number of hydrogen-bond donors (Lipinski definition) is 0. The van der Waals surface area contributed by atoms with E-state index in [4.69, 9.17) is 4.74 Å². The minimum absolute atomic E-state index is 0.131. The summed E-state index contributed by atoms with van der Waals surface area (Å²) < 4.78 is 5.40. The SMILES string of the molecule is C=C1CCC2C(CC2(C)C)C(C)=CCC1OC(C)=O. The third-order valence-electron chi connectivity index (χ3n) is 5.01. The van der Waals surface area contributed by atoms with Gasteiger partial charge in [0.05, 0.1) is 0 Å². The number of carbonyl (C=O) groups excluding carboxylic acids is 1. The maximum Gasteiger partial charge on any atom is 0.303 e. The van der Waals surface area contributed by atoms with Gasteiger partial charge in [-0.05, 0) is 49.0 Å². The van der Waals surface area contributed by atoms with E-state index in [0.29, 0.717) is 5.41 Å². The van der Waals surface area contributed by atoms with Crippen LogP contribution in [0.25, 0.3) is 0 Å². The van der Waals surface area contributed by atoms with Crippen LogP contribution in [0, 0.1) is 17.3 Å². The molecule has 0 aromatic heterocycles. The van der Waals surface area contributed by atoms with E-state index in [0.717, 1.165) is 30.3 Å². The van der Waals surface area contributed by atoms with Crippen LogP contribution in [0.3, 0.4) is 0 Å². The van der Waals surface area contributed by atoms with Crippen molar-refractivity contribution in [2.75, 3.05) is 0 Å². The van der Waals surface area contributed by atoms with Crippen molar-refractivity contribution < 1.29 is 9.53 Å². The molecule has 106 valence electrons. The van der Waals surface area contributed by atoms with Crippen molar-refractivity contribution in [3.63, 3.8) is 0 Å². The van der Waals surface area contributed by atoms with Gasteiger partial charge < -0.3 is 4.74 Å². The second-order valence-corrected chi connectivity index (χ2v) is 6.88. The fourth-order valence-electron chi connectivity index (χ4n) is 3.76. The molecule has 3 unspecified atom stereocenters. The molecule has 0 heterocycles. The Hall–Kier alpha value is -1.05. The molecule has 0 aliphatic heterocycles. The first kappa shape index (κ1) is 14.4. The molecule has 0 N–H and O–H groups in total. The average molecular weight is 262 g/mol. The van der Waals surface area contributed by atoms with Crippen molar-refractivity contribution in [2.45, 2.75) is 59.5 Å². The van der Waals surface area contributed by atoms with E-state index in [1.54, 1.807) is 0 Å². The van der Waals surface area contributed by atoms with Crippen LogP contribution in [-0.4, -0.2) is 12.1 Å². The number of allylic oxidation sites excluding steroid dienone is 1. The summed E-state index contributed by atoms with van der Waals surface area (Å²) in [6, 6.07) is 0. The van der Waals surface area contributed by atoms with Crippen LogP contribution < -0.4 is 0 Å². The Labute approximate surface area is 116 Å². The first-order valence-electron chi connectivity index (χ1n) is 7.33. The van der Waals surface area contributed by atoms with Gasteiger partial charge in [-0.25, -0.2) is 0 Å². The van der Waals surface area contributed by atoms with Crippen LogP contribution in [0.4, 0.5) is 0 Å². The van der Waals surface area contributed by atoms with E-state index in [1.165, 1.54) is 25.3 Å². The van der Waals surface area contributed by atoms with Gasteiger partial charge in [0, 0.05) is 13.3 Å². The Morgan fingerprint density at radius 1 is 1.47 bits per heavy atom. The molecular formula is C17H26O2. The Morgan fingerprint density at radius 2 is 2.16 bits per heavy atom. The van der Waals surface area contributed by atoms with Crippen molar-refractivity contribution >= 4 is 5.97 Å². The maximum absolute atomic E-state index is 11.2. The van der Waals surface area contributed by atoms with E-state index in [9.17, 15) is 4.79 Å². The average Bonchev–Trinajstić information content (AvgIpc) is 2.33. The van der Waals surface area contributed by atoms with Crippen molar-refractivity contribution in [3.05, 3.63) is 23.8 Å². The zero-order chi connectivity index (χ0) is 14.2. The summed E-state index contributed by atoms with van der Waals surface area (Å²) in [6.07, 6.45) is 6.34. The molecule has 0 radical (unpaired) electrons. The lowest BCUT2D eigenvalue weighted by Crippen LogP contribution is -2.44. The van der Waals surface area contributed by atoms with Gasteiger partial charge >= 0.3 is 5.97 Å². The number of rotatable bonds is 1. The summed E-state index contributed by atoms with van der Waals surface area (Å²) in [6.45, 7) is 12.6. The standard InChI is InChI=1S/C17H26O2/c1-11-7-9-16(19-13(3)18)12(2)6-8-15-14(11)10-17(15,4)5/h7,14-16H,2,6,8-10H2,1,3-5H3. The molecule has 3 atom stereocenters. The molecule has 0 saturated heterocycles. The van der Waals surface area contributed by atoms with E-state index in [1.807, 2.05) is 0 Å². The summed E-state index contributed by atoms with van der Waals surface area (Å²) in [5, 5.41) is 0. The van der Waals surface area contributed by atoms with E-state index < -0.39 is 0 Å². The Balaban J connectivity index is 2.15. The van der Waals surface area contributed by atoms with Crippen LogP contribution in [-0.2, 0) is 9.53 Å². The molecule has 1 saturated carbocycles. The Bertz CT molecular complexity index is 417. The van der Waals surface area contributed by atoms with Gasteiger partial charge in [-0.1, -0.05) is 32.1 Å². The smallest absolute Gasteiger partial charge is 0.303 e. The highest BCUT2D eigenvalue weighted by Gasteiger charge is 2.47. The highest BCUT2D eigenvalue weighted by Crippen LogP contribution is 2.56. The van der Waals surface area contributed by atoms with E-state index >= 15 is 0 Å². The summed E-state index contributed by atoms with van der Waals surface area (Å²) in [5.41, 5.74) is 2.99. The van der Waals surface area contributed by atoms with Gasteiger partial charge in [-0.2, -0.15) is 0 Å². The zero-order valence-electron chi connectivity index (χ0n) is 12.7. The predicted octanol–water partition coefficient (Wildman–Crippen LogP) is 4.27. The fraction of sp³-hybridized carbons (Fsp3) is 0.706. The first-order chi connectivity index (χ1) is 8.81. The maximum atomic E-state index is 11.2. The summed E-state index contributed by atoms with van der Waals surface area (Å²) in [7, 11) is 0. The number of fused-ring (bicyclic) bond motifs is 1. The lowest BCUT2D eigenvalue weighted by molar-refractivity contribution is -0.144. The zero-order valence-corrected chi connectivity index (χ0v) is 12.7. The minimum atomic E-state index is -0.209. The van der Waals surface area contributed by atoms with Crippen molar-refractivity contribution in [1.82, 2.24) is 0 Å². The third-order valence-corrected chi connectivity index (χ3v) is 5.01. The molecule has 0 aromatic rings. The first-order valence-corrected chi connectivity index (χ1v) is 7.33. The van der Waals surface area contributed by atoms with E-state index in [-0.39, 0.29) is 12.1 Å². The molecule has 1 fully saturated rings. The molecule has 0 bridgehead atoms. The minimum Gasteiger partial charge on any atom is -0.458 e. The highest BCUT2D eigenvalue weighted by atomic mass is 16.5. The van der Waals surface area contributed by atoms with Gasteiger partial charge in [-0.15, -0.1) is 0 Å². The number of carbonyl (C=O) groups is 1. The van der Waals surface area contributed by atoms with Crippen LogP contribution in [0.15, 0.2) is 23.8 Å². The molecule has 2 rings (SSSR count). The molecule has 19 heavy (non-hydrogen) atoms. The van der Waals surface area contributed by atoms with Crippen molar-refractivity contribution in [2.24, 2.45) is 17.3 Å².